The van der Waals surface area contributed by atoms with E-state index in [1.807, 2.05) is 12.1 Å². The van der Waals surface area contributed by atoms with Crippen LogP contribution in [0.25, 0.3) is 0 Å². The fraction of sp³-hybridized carbons (Fsp3) is 0.565. The third-order valence-corrected chi connectivity index (χ3v) is 6.00. The van der Waals surface area contributed by atoms with Crippen LogP contribution in [-0.4, -0.2) is 25.7 Å². The molecule has 0 radical (unpaired) electrons. The first-order chi connectivity index (χ1) is 13.6. The number of Topliss-reactive ketones (excluding diaryl/α,β-unsaturated/α-hetero) is 1. The molecule has 0 bridgehead atoms. The largest absolute Gasteiger partial charge is 0.468 e. The molecule has 1 heterocycles. The molecule has 1 saturated carbocycles. The number of rotatable bonds is 8. The fourth-order valence-electron chi connectivity index (χ4n) is 4.21. The number of hydrogen-bond donors (Lipinski definition) is 0. The van der Waals surface area contributed by atoms with Crippen molar-refractivity contribution in [2.75, 3.05) is 13.9 Å². The highest BCUT2D eigenvalue weighted by Gasteiger charge is 2.47. The molecule has 1 aliphatic heterocycles. The lowest BCUT2D eigenvalue weighted by atomic mass is 9.69. The number of hydrogen-bond acceptors (Lipinski definition) is 5. The number of carbonyl (C=O) groups excluding carboxylic acids is 2. The van der Waals surface area contributed by atoms with Crippen molar-refractivity contribution in [3.05, 3.63) is 35.4 Å². The van der Waals surface area contributed by atoms with Gasteiger partial charge in [0.15, 0.2) is 11.5 Å². The fourth-order valence-corrected chi connectivity index (χ4v) is 4.21. The van der Waals surface area contributed by atoms with Crippen molar-refractivity contribution in [1.82, 2.24) is 0 Å². The van der Waals surface area contributed by atoms with E-state index in [0.29, 0.717) is 26.1 Å². The van der Waals surface area contributed by atoms with Crippen LogP contribution in [0.1, 0.15) is 63.9 Å². The van der Waals surface area contributed by atoms with Crippen LogP contribution < -0.4 is 9.47 Å². The average Bonchev–Trinajstić information content (AvgIpc) is 3.19. The van der Waals surface area contributed by atoms with E-state index in [2.05, 4.69) is 19.1 Å². The van der Waals surface area contributed by atoms with Crippen LogP contribution in [0.4, 0.5) is 0 Å². The molecule has 0 spiro atoms. The maximum atomic E-state index is 12.6. The quantitative estimate of drug-likeness (QED) is 0.366. The van der Waals surface area contributed by atoms with Crippen molar-refractivity contribution in [3.8, 4) is 11.5 Å². The summed E-state index contributed by atoms with van der Waals surface area (Å²) in [5.74, 6) is 1.32. The Morgan fingerprint density at radius 2 is 2.07 bits per heavy atom. The molecule has 1 aliphatic carbocycles. The van der Waals surface area contributed by atoms with Crippen LogP contribution in [0.2, 0.25) is 0 Å². The lowest BCUT2D eigenvalue weighted by Gasteiger charge is -2.33. The molecule has 0 saturated heterocycles. The second-order valence-electron chi connectivity index (χ2n) is 7.65. The summed E-state index contributed by atoms with van der Waals surface area (Å²) in [5.41, 5.74) is 1.57. The van der Waals surface area contributed by atoms with Crippen LogP contribution in [0.5, 0.6) is 11.5 Å². The highest BCUT2D eigenvalue weighted by molar-refractivity contribution is 6.04. The molecule has 0 amide bonds. The van der Waals surface area contributed by atoms with Gasteiger partial charge in [-0.15, -0.1) is 0 Å². The highest BCUT2D eigenvalue weighted by atomic mass is 16.7. The van der Waals surface area contributed by atoms with Crippen LogP contribution >= 0.6 is 0 Å². The first-order valence-electron chi connectivity index (χ1n) is 10.3. The number of ketones is 1. The zero-order valence-electron chi connectivity index (χ0n) is 16.9. The lowest BCUT2D eigenvalue weighted by Crippen LogP contribution is -2.42. The Morgan fingerprint density at radius 1 is 1.25 bits per heavy atom. The average molecular weight is 386 g/mol. The summed E-state index contributed by atoms with van der Waals surface area (Å²) in [7, 11) is 1.38. The predicted octanol–water partition coefficient (Wildman–Crippen LogP) is 4.77. The minimum atomic E-state index is -0.932. The standard InChI is InChI=1S/C23H30O5/c1-3-17(7-6-8-18-10-11-19-20(15-18)28-16-27-19)12-14-23(22(25)26-2)13-5-4-9-21(23)24/h7,10-11,15H,3-6,8-9,12-14,16H2,1-2H3/b17-7+. The first kappa shape index (κ1) is 20.4. The van der Waals surface area contributed by atoms with E-state index in [1.165, 1.54) is 18.2 Å². The van der Waals surface area contributed by atoms with E-state index in [-0.39, 0.29) is 11.8 Å². The molecular formula is C23H30O5. The van der Waals surface area contributed by atoms with Crippen molar-refractivity contribution in [3.63, 3.8) is 0 Å². The molecule has 3 rings (SSSR count). The number of aryl methyl sites for hydroxylation is 1. The normalized spacial score (nSPS) is 21.6. The van der Waals surface area contributed by atoms with Gasteiger partial charge in [0, 0.05) is 6.42 Å². The van der Waals surface area contributed by atoms with Gasteiger partial charge in [-0.3, -0.25) is 9.59 Å². The van der Waals surface area contributed by atoms with Gasteiger partial charge in [0.05, 0.1) is 7.11 Å². The van der Waals surface area contributed by atoms with E-state index in [1.54, 1.807) is 0 Å². The number of carbonyl (C=O) groups is 2. The van der Waals surface area contributed by atoms with Gasteiger partial charge in [0.25, 0.3) is 0 Å². The molecule has 5 heteroatoms. The Morgan fingerprint density at radius 3 is 2.82 bits per heavy atom. The molecule has 28 heavy (non-hydrogen) atoms. The molecule has 1 aromatic carbocycles. The number of esters is 1. The van der Waals surface area contributed by atoms with Crippen LogP contribution in [0.3, 0.4) is 0 Å². The first-order valence-corrected chi connectivity index (χ1v) is 10.3. The molecule has 0 aromatic heterocycles. The third-order valence-electron chi connectivity index (χ3n) is 6.00. The number of allylic oxidation sites excluding steroid dienone is 2. The Balaban J connectivity index is 1.59. The van der Waals surface area contributed by atoms with E-state index < -0.39 is 5.41 Å². The summed E-state index contributed by atoms with van der Waals surface area (Å²) in [5, 5.41) is 0. The topological polar surface area (TPSA) is 61.8 Å². The second kappa shape index (κ2) is 9.26. The van der Waals surface area contributed by atoms with Gasteiger partial charge in [-0.2, -0.15) is 0 Å². The predicted molar refractivity (Wildman–Crippen MR) is 106 cm³/mol. The van der Waals surface area contributed by atoms with Crippen molar-refractivity contribution in [2.24, 2.45) is 5.41 Å². The van der Waals surface area contributed by atoms with Crippen molar-refractivity contribution < 1.29 is 23.8 Å². The maximum absolute atomic E-state index is 12.6. The van der Waals surface area contributed by atoms with Crippen LogP contribution in [-0.2, 0) is 20.7 Å². The minimum absolute atomic E-state index is 0.0569. The van der Waals surface area contributed by atoms with Crippen molar-refractivity contribution in [2.45, 2.75) is 64.7 Å². The molecule has 0 N–H and O–H groups in total. The Labute approximate surface area is 167 Å². The molecule has 1 atom stereocenters. The van der Waals surface area contributed by atoms with E-state index in [4.69, 9.17) is 14.2 Å². The van der Waals surface area contributed by atoms with Gasteiger partial charge in [0.1, 0.15) is 11.2 Å². The molecule has 2 aliphatic rings. The Bertz CT molecular complexity index is 741. The van der Waals surface area contributed by atoms with Gasteiger partial charge in [-0.05, 0) is 62.6 Å². The number of benzene rings is 1. The Kier molecular flexibility index (Phi) is 6.76. The van der Waals surface area contributed by atoms with E-state index >= 15 is 0 Å². The summed E-state index contributed by atoms with van der Waals surface area (Å²) in [4.78, 5) is 25.0. The number of ether oxygens (including phenoxy) is 3. The number of fused-ring (bicyclic) bond motifs is 1. The zero-order valence-corrected chi connectivity index (χ0v) is 16.9. The SMILES string of the molecule is CC/C(=C\CCc1ccc2c(c1)OCO2)CCC1(C(=O)OC)CCCCC1=O. The smallest absolute Gasteiger partial charge is 0.319 e. The highest BCUT2D eigenvalue weighted by Crippen LogP contribution is 2.40. The zero-order chi connectivity index (χ0) is 20.0. The third kappa shape index (κ3) is 4.40. The minimum Gasteiger partial charge on any atom is -0.468 e. The summed E-state index contributed by atoms with van der Waals surface area (Å²) in [6.07, 6.45) is 9.23. The van der Waals surface area contributed by atoms with Gasteiger partial charge in [-0.1, -0.05) is 31.1 Å². The molecule has 1 aromatic rings. The second-order valence-corrected chi connectivity index (χ2v) is 7.65. The van der Waals surface area contributed by atoms with Crippen molar-refractivity contribution >= 4 is 11.8 Å². The van der Waals surface area contributed by atoms with Crippen LogP contribution in [0, 0.1) is 5.41 Å². The molecule has 152 valence electrons. The summed E-state index contributed by atoms with van der Waals surface area (Å²) in [6, 6.07) is 6.06. The molecular weight excluding hydrogens is 356 g/mol. The van der Waals surface area contributed by atoms with Gasteiger partial charge >= 0.3 is 5.97 Å². The molecule has 1 fully saturated rings. The summed E-state index contributed by atoms with van der Waals surface area (Å²) < 4.78 is 15.8. The monoisotopic (exact) mass is 386 g/mol. The molecule has 5 nitrogen and oxygen atoms in total. The summed E-state index contributed by atoms with van der Waals surface area (Å²) >= 11 is 0. The maximum Gasteiger partial charge on any atom is 0.319 e. The molecule has 1 unspecified atom stereocenters. The van der Waals surface area contributed by atoms with Gasteiger partial charge in [-0.25, -0.2) is 0 Å². The summed E-state index contributed by atoms with van der Waals surface area (Å²) in [6.45, 7) is 2.42. The van der Waals surface area contributed by atoms with Crippen LogP contribution in [0.15, 0.2) is 29.8 Å². The van der Waals surface area contributed by atoms with Gasteiger partial charge < -0.3 is 14.2 Å². The number of methoxy groups -OCH3 is 1. The Hall–Kier alpha value is -2.30. The van der Waals surface area contributed by atoms with E-state index in [0.717, 1.165) is 50.0 Å². The van der Waals surface area contributed by atoms with Gasteiger partial charge in [0.2, 0.25) is 6.79 Å². The van der Waals surface area contributed by atoms with Crippen molar-refractivity contribution in [1.29, 1.82) is 0 Å². The van der Waals surface area contributed by atoms with E-state index in [9.17, 15) is 9.59 Å². The lowest BCUT2D eigenvalue weighted by molar-refractivity contribution is -0.160.